The Kier molecular flexibility index (Phi) is 4.90. The summed E-state index contributed by atoms with van der Waals surface area (Å²) in [5, 5.41) is 7.07. The molecule has 0 radical (unpaired) electrons. The Bertz CT molecular complexity index is 577. The van der Waals surface area contributed by atoms with Crippen LogP contribution < -0.4 is 11.1 Å². The lowest BCUT2D eigenvalue weighted by atomic mass is 10.1. The van der Waals surface area contributed by atoms with Gasteiger partial charge < -0.3 is 11.1 Å². The molecule has 0 aliphatic heterocycles. The van der Waals surface area contributed by atoms with Crippen LogP contribution in [0.15, 0.2) is 36.7 Å². The summed E-state index contributed by atoms with van der Waals surface area (Å²) in [4.78, 5) is 12.0. The normalized spacial score (nSPS) is 10.5. The molecule has 0 unspecified atom stereocenters. The first-order valence-corrected chi connectivity index (χ1v) is 6.75. The first-order valence-electron chi connectivity index (χ1n) is 6.75. The number of hydrogen-bond acceptors (Lipinski definition) is 3. The minimum absolute atomic E-state index is 0.0623. The number of aryl methyl sites for hydroxylation is 1. The molecule has 0 aliphatic carbocycles. The number of aromatic nitrogens is 2. The number of nitrogens with two attached hydrogens (primary N) is 1. The van der Waals surface area contributed by atoms with Crippen LogP contribution >= 0.6 is 0 Å². The van der Waals surface area contributed by atoms with Gasteiger partial charge in [-0.05, 0) is 43.1 Å². The Morgan fingerprint density at radius 2 is 2.30 bits per heavy atom. The predicted octanol–water partition coefficient (Wildman–Crippen LogP) is 1.12. The second kappa shape index (κ2) is 6.86. The number of carbonyl (C=O) groups excluding carboxylic acids is 1. The van der Waals surface area contributed by atoms with Gasteiger partial charge in [0, 0.05) is 18.3 Å². The molecular weight excluding hydrogens is 252 g/mol. The Balaban J connectivity index is 1.86. The third-order valence-electron chi connectivity index (χ3n) is 3.01. The molecule has 1 heterocycles. The molecule has 1 aromatic heterocycles. The zero-order chi connectivity index (χ0) is 14.4. The van der Waals surface area contributed by atoms with Gasteiger partial charge in [-0.25, -0.2) is 0 Å². The van der Waals surface area contributed by atoms with Crippen LogP contribution in [-0.4, -0.2) is 28.8 Å². The number of rotatable bonds is 6. The first-order chi connectivity index (χ1) is 9.69. The highest BCUT2D eigenvalue weighted by Crippen LogP contribution is 2.05. The monoisotopic (exact) mass is 272 g/mol. The van der Waals surface area contributed by atoms with Gasteiger partial charge in [0.05, 0.1) is 12.7 Å². The van der Waals surface area contributed by atoms with Gasteiger partial charge in [-0.1, -0.05) is 12.1 Å². The predicted molar refractivity (Wildman–Crippen MR) is 78.5 cm³/mol. The van der Waals surface area contributed by atoms with E-state index in [1.165, 1.54) is 0 Å². The van der Waals surface area contributed by atoms with Gasteiger partial charge in [-0.2, -0.15) is 5.10 Å². The van der Waals surface area contributed by atoms with Crippen LogP contribution in [0.5, 0.6) is 0 Å². The topological polar surface area (TPSA) is 72.9 Å². The fourth-order valence-corrected chi connectivity index (χ4v) is 2.01. The van der Waals surface area contributed by atoms with Crippen LogP contribution in [0.25, 0.3) is 0 Å². The van der Waals surface area contributed by atoms with E-state index in [9.17, 15) is 4.79 Å². The molecule has 1 aromatic carbocycles. The van der Waals surface area contributed by atoms with E-state index >= 15 is 0 Å². The quantitative estimate of drug-likeness (QED) is 0.827. The molecule has 1 amide bonds. The lowest BCUT2D eigenvalue weighted by molar-refractivity contribution is 0.0952. The molecule has 0 saturated heterocycles. The van der Waals surface area contributed by atoms with Crippen molar-refractivity contribution in [3.8, 4) is 0 Å². The number of benzene rings is 1. The number of nitrogens with zero attached hydrogens (tertiary/aromatic N) is 2. The maximum Gasteiger partial charge on any atom is 0.251 e. The van der Waals surface area contributed by atoms with Crippen LogP contribution in [-0.2, 0) is 13.0 Å². The standard InChI is InChI=1S/C15H20N4O/c1-12-10-18-19(11-12)8-7-17-15(20)14-4-2-3-13(9-14)5-6-16/h2-4,9-11H,5-8,16H2,1H3,(H,17,20). The molecule has 5 heteroatoms. The smallest absolute Gasteiger partial charge is 0.251 e. The summed E-state index contributed by atoms with van der Waals surface area (Å²) >= 11 is 0. The van der Waals surface area contributed by atoms with Crippen LogP contribution in [0.1, 0.15) is 21.5 Å². The minimum atomic E-state index is -0.0623. The highest BCUT2D eigenvalue weighted by Gasteiger charge is 2.05. The molecule has 0 atom stereocenters. The largest absolute Gasteiger partial charge is 0.350 e. The van der Waals surface area contributed by atoms with Crippen LogP contribution in [0, 0.1) is 6.92 Å². The summed E-state index contributed by atoms with van der Waals surface area (Å²) in [6.45, 7) is 3.80. The molecule has 2 rings (SSSR count). The van der Waals surface area contributed by atoms with E-state index < -0.39 is 0 Å². The molecule has 0 saturated carbocycles. The first kappa shape index (κ1) is 14.3. The average molecular weight is 272 g/mol. The third-order valence-corrected chi connectivity index (χ3v) is 3.01. The van der Waals surface area contributed by atoms with Crippen molar-refractivity contribution in [2.75, 3.05) is 13.1 Å². The van der Waals surface area contributed by atoms with Crippen molar-refractivity contribution in [2.24, 2.45) is 5.73 Å². The summed E-state index contributed by atoms with van der Waals surface area (Å²) < 4.78 is 1.82. The molecule has 20 heavy (non-hydrogen) atoms. The lowest BCUT2D eigenvalue weighted by Crippen LogP contribution is -2.27. The highest BCUT2D eigenvalue weighted by molar-refractivity contribution is 5.94. The Hall–Kier alpha value is -2.14. The number of hydrogen-bond donors (Lipinski definition) is 2. The van der Waals surface area contributed by atoms with Crippen molar-refractivity contribution in [3.05, 3.63) is 53.3 Å². The van der Waals surface area contributed by atoms with E-state index in [-0.39, 0.29) is 5.91 Å². The van der Waals surface area contributed by atoms with Crippen molar-refractivity contribution < 1.29 is 4.79 Å². The van der Waals surface area contributed by atoms with Gasteiger partial charge in [0.15, 0.2) is 0 Å². The minimum Gasteiger partial charge on any atom is -0.350 e. The van der Waals surface area contributed by atoms with Crippen molar-refractivity contribution in [3.63, 3.8) is 0 Å². The second-order valence-corrected chi connectivity index (χ2v) is 4.78. The molecule has 2 aromatic rings. The fourth-order valence-electron chi connectivity index (χ4n) is 2.01. The molecule has 0 fully saturated rings. The van der Waals surface area contributed by atoms with Gasteiger partial charge in [0.2, 0.25) is 0 Å². The van der Waals surface area contributed by atoms with Gasteiger partial charge in [-0.3, -0.25) is 9.48 Å². The van der Waals surface area contributed by atoms with E-state index in [0.29, 0.717) is 25.2 Å². The summed E-state index contributed by atoms with van der Waals surface area (Å²) in [5.74, 6) is -0.0623. The van der Waals surface area contributed by atoms with Crippen molar-refractivity contribution >= 4 is 5.91 Å². The fraction of sp³-hybridized carbons (Fsp3) is 0.333. The number of carbonyl (C=O) groups is 1. The van der Waals surface area contributed by atoms with E-state index in [0.717, 1.165) is 17.5 Å². The highest BCUT2D eigenvalue weighted by atomic mass is 16.1. The second-order valence-electron chi connectivity index (χ2n) is 4.78. The zero-order valence-corrected chi connectivity index (χ0v) is 11.7. The van der Waals surface area contributed by atoms with E-state index in [2.05, 4.69) is 10.4 Å². The van der Waals surface area contributed by atoms with Gasteiger partial charge in [0.25, 0.3) is 5.91 Å². The Morgan fingerprint density at radius 3 is 3.00 bits per heavy atom. The summed E-state index contributed by atoms with van der Waals surface area (Å²) in [7, 11) is 0. The van der Waals surface area contributed by atoms with Crippen molar-refractivity contribution in [1.29, 1.82) is 0 Å². The van der Waals surface area contributed by atoms with Crippen molar-refractivity contribution in [1.82, 2.24) is 15.1 Å². The molecule has 0 bridgehead atoms. The molecule has 0 spiro atoms. The van der Waals surface area contributed by atoms with Gasteiger partial charge in [0.1, 0.15) is 0 Å². The molecule has 106 valence electrons. The molecule has 5 nitrogen and oxygen atoms in total. The van der Waals surface area contributed by atoms with Crippen LogP contribution in [0.3, 0.4) is 0 Å². The number of nitrogens with one attached hydrogen (secondary N) is 1. The Labute approximate surface area is 118 Å². The maximum absolute atomic E-state index is 12.0. The summed E-state index contributed by atoms with van der Waals surface area (Å²) in [6.07, 6.45) is 4.54. The maximum atomic E-state index is 12.0. The molecular formula is C15H20N4O. The van der Waals surface area contributed by atoms with Crippen LogP contribution in [0.4, 0.5) is 0 Å². The third kappa shape index (κ3) is 3.93. The summed E-state index contributed by atoms with van der Waals surface area (Å²) in [5.41, 5.74) is 8.40. The zero-order valence-electron chi connectivity index (χ0n) is 11.7. The van der Waals surface area contributed by atoms with Crippen molar-refractivity contribution in [2.45, 2.75) is 19.9 Å². The van der Waals surface area contributed by atoms with Gasteiger partial charge >= 0.3 is 0 Å². The molecule has 3 N–H and O–H groups in total. The van der Waals surface area contributed by atoms with Crippen LogP contribution in [0.2, 0.25) is 0 Å². The SMILES string of the molecule is Cc1cnn(CCNC(=O)c2cccc(CCN)c2)c1. The van der Waals surface area contributed by atoms with Gasteiger partial charge in [-0.15, -0.1) is 0 Å². The average Bonchev–Trinajstić information content (AvgIpc) is 2.85. The van der Waals surface area contributed by atoms with E-state index in [1.54, 1.807) is 6.20 Å². The van der Waals surface area contributed by atoms with E-state index in [4.69, 9.17) is 5.73 Å². The van der Waals surface area contributed by atoms with E-state index in [1.807, 2.05) is 42.1 Å². The summed E-state index contributed by atoms with van der Waals surface area (Å²) in [6, 6.07) is 7.57. The lowest BCUT2D eigenvalue weighted by Gasteiger charge is -2.07. The number of amides is 1. The molecule has 0 aliphatic rings. The Morgan fingerprint density at radius 1 is 1.45 bits per heavy atom.